The summed E-state index contributed by atoms with van der Waals surface area (Å²) >= 11 is 3.53. The Morgan fingerprint density at radius 1 is 0.960 bits per heavy atom. The van der Waals surface area contributed by atoms with Crippen LogP contribution in [0.3, 0.4) is 0 Å². The average molecular weight is 742 g/mol. The third kappa shape index (κ3) is 4.67. The molecule has 11 nitrogen and oxygen atoms in total. The van der Waals surface area contributed by atoms with Crippen LogP contribution in [0.15, 0.2) is 95.5 Å². The van der Waals surface area contributed by atoms with E-state index in [1.54, 1.807) is 38.1 Å². The summed E-state index contributed by atoms with van der Waals surface area (Å²) in [5.74, 6) is -3.59. The molecule has 5 aromatic rings. The van der Waals surface area contributed by atoms with Crippen molar-refractivity contribution in [1.29, 1.82) is 0 Å². The third-order valence-electron chi connectivity index (χ3n) is 9.39. The molecule has 1 spiro atoms. The van der Waals surface area contributed by atoms with Crippen LogP contribution >= 0.6 is 15.9 Å². The Morgan fingerprint density at radius 3 is 2.28 bits per heavy atom. The molecule has 0 saturated carbocycles. The first-order valence-electron chi connectivity index (χ1n) is 15.9. The minimum absolute atomic E-state index is 0.00216. The molecule has 0 saturated heterocycles. The molecule has 254 valence electrons. The van der Waals surface area contributed by atoms with Gasteiger partial charge in [-0.25, -0.2) is 14.0 Å². The minimum atomic E-state index is -2.62. The quantitative estimate of drug-likeness (QED) is 0.0809. The van der Waals surface area contributed by atoms with E-state index in [0.29, 0.717) is 21.2 Å². The Hall–Kier alpha value is -5.40. The molecule has 2 aliphatic heterocycles. The number of nitrogens with zero attached hydrogens (tertiary/aromatic N) is 2. The Bertz CT molecular complexity index is 2170. The van der Waals surface area contributed by atoms with Gasteiger partial charge in [-0.15, -0.1) is 0 Å². The van der Waals surface area contributed by atoms with Crippen molar-refractivity contribution < 1.29 is 33.2 Å². The van der Waals surface area contributed by atoms with Gasteiger partial charge < -0.3 is 19.4 Å². The summed E-state index contributed by atoms with van der Waals surface area (Å²) in [6, 6.07) is 23.1. The molecular weight excluding hydrogens is 711 g/mol. The molecular formula is C37H30BrFN4O7. The zero-order valence-electron chi connectivity index (χ0n) is 26.9. The number of carbonyl (C=O) groups is 3. The number of hydrogen-bond acceptors (Lipinski definition) is 8. The van der Waals surface area contributed by atoms with E-state index in [4.69, 9.17) is 9.47 Å². The molecule has 0 bridgehead atoms. The molecule has 50 heavy (non-hydrogen) atoms. The average Bonchev–Trinajstić information content (AvgIpc) is 3.61. The van der Waals surface area contributed by atoms with Gasteiger partial charge in [0.25, 0.3) is 5.69 Å². The predicted octanol–water partition coefficient (Wildman–Crippen LogP) is 6.37. The first-order valence-corrected chi connectivity index (χ1v) is 16.7. The second-order valence-electron chi connectivity index (χ2n) is 12.0. The van der Waals surface area contributed by atoms with E-state index < -0.39 is 45.6 Å². The zero-order valence-corrected chi connectivity index (χ0v) is 28.5. The van der Waals surface area contributed by atoms with E-state index in [2.05, 4.69) is 26.2 Å². The molecule has 1 amide bonds. The van der Waals surface area contributed by atoms with Gasteiger partial charge in [-0.2, -0.15) is 0 Å². The van der Waals surface area contributed by atoms with Crippen molar-refractivity contribution in [2.45, 2.75) is 37.4 Å². The van der Waals surface area contributed by atoms with Gasteiger partial charge in [-0.3, -0.25) is 20.2 Å². The number of hydrogen-bond donors (Lipinski definition) is 2. The van der Waals surface area contributed by atoms with Gasteiger partial charge in [0, 0.05) is 44.5 Å². The van der Waals surface area contributed by atoms with Gasteiger partial charge in [-0.05, 0) is 54.8 Å². The molecule has 2 atom stereocenters. The maximum Gasteiger partial charge on any atom is 0.340 e. The van der Waals surface area contributed by atoms with Crippen molar-refractivity contribution in [3.05, 3.63) is 139 Å². The van der Waals surface area contributed by atoms with Crippen molar-refractivity contribution >= 4 is 56.1 Å². The van der Waals surface area contributed by atoms with Crippen molar-refractivity contribution in [1.82, 2.24) is 10.3 Å². The molecule has 7 rings (SSSR count). The fourth-order valence-corrected chi connectivity index (χ4v) is 7.79. The number of rotatable bonds is 8. The van der Waals surface area contributed by atoms with Gasteiger partial charge in [0.05, 0.1) is 30.7 Å². The van der Waals surface area contributed by atoms with Crippen LogP contribution in [0, 0.1) is 15.9 Å². The maximum absolute atomic E-state index is 16.4. The van der Waals surface area contributed by atoms with E-state index in [1.807, 2.05) is 30.3 Å². The molecule has 3 heterocycles. The van der Waals surface area contributed by atoms with Crippen LogP contribution in [0.5, 0.6) is 0 Å². The van der Waals surface area contributed by atoms with Gasteiger partial charge in [0.15, 0.2) is 0 Å². The minimum Gasteiger partial charge on any atom is -0.464 e. The van der Waals surface area contributed by atoms with Gasteiger partial charge in [-0.1, -0.05) is 70.5 Å². The first-order chi connectivity index (χ1) is 24.1. The number of ether oxygens (including phenoxy) is 2. The van der Waals surface area contributed by atoms with E-state index in [1.165, 1.54) is 41.3 Å². The summed E-state index contributed by atoms with van der Waals surface area (Å²) in [4.78, 5) is 61.1. The highest BCUT2D eigenvalue weighted by Gasteiger charge is 2.76. The number of halogens is 2. The predicted molar refractivity (Wildman–Crippen MR) is 185 cm³/mol. The Labute approximate surface area is 293 Å². The van der Waals surface area contributed by atoms with Crippen molar-refractivity contribution in [3.8, 4) is 0 Å². The fraction of sp³-hybridized carbons (Fsp3) is 0.216. The number of H-pyrrole nitrogens is 1. The van der Waals surface area contributed by atoms with E-state index in [-0.39, 0.29) is 47.7 Å². The van der Waals surface area contributed by atoms with Crippen molar-refractivity contribution in [2.24, 2.45) is 0 Å². The second kappa shape index (κ2) is 12.5. The summed E-state index contributed by atoms with van der Waals surface area (Å²) in [5, 5.41) is 14.8. The number of fused-ring (bicyclic) bond motifs is 6. The summed E-state index contributed by atoms with van der Waals surface area (Å²) in [5.41, 5.74) is -2.65. The van der Waals surface area contributed by atoms with E-state index in [0.717, 1.165) is 5.56 Å². The number of aromatic nitrogens is 1. The highest BCUT2D eigenvalue weighted by molar-refractivity contribution is 9.10. The van der Waals surface area contributed by atoms with Crippen LogP contribution in [-0.4, -0.2) is 46.5 Å². The van der Waals surface area contributed by atoms with Crippen LogP contribution in [-0.2, 0) is 35.8 Å². The van der Waals surface area contributed by atoms with Crippen molar-refractivity contribution in [3.63, 3.8) is 0 Å². The standard InChI is InChI=1S/C37H30BrFN4O7/c1-3-49-34(45)37(35(46)50-4-2)36(25-18-15-23(38)19-28(25)42(33(36)44)20-21-9-6-5-7-10-21)30-29-26(39)11-8-12-27(29)40-32(30)31(41-37)22-13-16-24(17-14-22)43(47)48/h5-19,31,40-41H,3-4,20H2,1-2H3/t31-,36+/m0/s1. The maximum atomic E-state index is 16.4. The first kappa shape index (κ1) is 33.1. The number of esters is 2. The SMILES string of the molecule is CCOC(=O)C1(C(=O)OCC)N[C@@H](c2ccc([N+](=O)[O-])cc2)c2[nH]c3cccc(F)c3c2[C@]12C(=O)N(Cc1ccccc1)c1cc(Br)ccc12. The Kier molecular flexibility index (Phi) is 8.27. The molecule has 4 aromatic carbocycles. The smallest absolute Gasteiger partial charge is 0.340 e. The number of anilines is 1. The topological polar surface area (TPSA) is 144 Å². The highest BCUT2D eigenvalue weighted by Crippen LogP contribution is 2.60. The lowest BCUT2D eigenvalue weighted by Crippen LogP contribution is -2.76. The zero-order chi connectivity index (χ0) is 35.4. The number of nitro benzene ring substituents is 1. The molecule has 0 unspecified atom stereocenters. The molecule has 2 aliphatic rings. The second-order valence-corrected chi connectivity index (χ2v) is 12.9. The lowest BCUT2D eigenvalue weighted by molar-refractivity contribution is -0.384. The number of non-ortho nitro benzene ring substituents is 1. The number of carbonyl (C=O) groups excluding carboxylic acids is 3. The fourth-order valence-electron chi connectivity index (χ4n) is 7.44. The monoisotopic (exact) mass is 740 g/mol. The largest absolute Gasteiger partial charge is 0.464 e. The normalized spacial score (nSPS) is 18.9. The number of nitro groups is 1. The van der Waals surface area contributed by atoms with Crippen LogP contribution in [0.25, 0.3) is 10.9 Å². The molecule has 0 fully saturated rings. The summed E-state index contributed by atoms with van der Waals surface area (Å²) in [6.07, 6.45) is 0. The summed E-state index contributed by atoms with van der Waals surface area (Å²) in [7, 11) is 0. The molecule has 2 N–H and O–H groups in total. The number of aromatic amines is 1. The van der Waals surface area contributed by atoms with Gasteiger partial charge >= 0.3 is 11.9 Å². The molecule has 0 aliphatic carbocycles. The molecule has 0 radical (unpaired) electrons. The van der Waals surface area contributed by atoms with Crippen LogP contribution in [0.1, 0.15) is 47.8 Å². The third-order valence-corrected chi connectivity index (χ3v) is 9.89. The van der Waals surface area contributed by atoms with Crippen LogP contribution in [0.2, 0.25) is 0 Å². The Balaban J connectivity index is 1.65. The van der Waals surface area contributed by atoms with E-state index >= 15 is 9.18 Å². The number of benzene rings is 4. The molecule has 1 aromatic heterocycles. The van der Waals surface area contributed by atoms with Gasteiger partial charge in [0.1, 0.15) is 11.2 Å². The van der Waals surface area contributed by atoms with Gasteiger partial charge in [0.2, 0.25) is 11.4 Å². The van der Waals surface area contributed by atoms with Crippen LogP contribution in [0.4, 0.5) is 15.8 Å². The lowest BCUT2D eigenvalue weighted by Gasteiger charge is -2.49. The number of nitrogens with one attached hydrogen (secondary N) is 2. The highest BCUT2D eigenvalue weighted by atomic mass is 79.9. The van der Waals surface area contributed by atoms with Crippen molar-refractivity contribution in [2.75, 3.05) is 18.1 Å². The van der Waals surface area contributed by atoms with E-state index in [9.17, 15) is 19.7 Å². The van der Waals surface area contributed by atoms with Crippen LogP contribution < -0.4 is 10.2 Å². The summed E-state index contributed by atoms with van der Waals surface area (Å²) in [6.45, 7) is 2.87. The lowest BCUT2D eigenvalue weighted by atomic mass is 9.57. The summed E-state index contributed by atoms with van der Waals surface area (Å²) < 4.78 is 28.4. The molecule has 13 heteroatoms. The Morgan fingerprint density at radius 2 is 1.64 bits per heavy atom. The number of amides is 1.